The second-order valence-corrected chi connectivity index (χ2v) is 4.62. The maximum Gasteiger partial charge on any atom is 0.269 e. The third-order valence-electron chi connectivity index (χ3n) is 3.15. The molecule has 3 aromatic rings. The van der Waals surface area contributed by atoms with Crippen molar-refractivity contribution in [2.45, 2.75) is 27.7 Å². The molecular formula is C23H30N3O2Pd-3. The fourth-order valence-electron chi connectivity index (χ4n) is 2.10. The summed E-state index contributed by atoms with van der Waals surface area (Å²) in [6.45, 7) is 8.00. The van der Waals surface area contributed by atoms with Gasteiger partial charge in [-0.3, -0.25) is 15.1 Å². The molecule has 1 heterocycles. The van der Waals surface area contributed by atoms with Crippen molar-refractivity contribution in [2.24, 2.45) is 0 Å². The van der Waals surface area contributed by atoms with E-state index < -0.39 is 4.92 Å². The third kappa shape index (κ3) is 9.47. The standard InChI is InChI=1S/C17H12N3O2.2C2H6.2CH3.Pd/c21-20(22)14-10-8-13(9-11-14)19-17-7-2-1-5-15(17)16-6-3-4-12-18-16;2*1-2;;;/h1-12H;2*1-2H3;2*1H3;/q-1;;;2*-1;. The summed E-state index contributed by atoms with van der Waals surface area (Å²) in [7, 11) is 0. The fraction of sp³-hybridized carbons (Fsp3) is 0.174. The van der Waals surface area contributed by atoms with E-state index in [1.807, 2.05) is 70.2 Å². The molecule has 0 N–H and O–H groups in total. The second kappa shape index (κ2) is 17.5. The van der Waals surface area contributed by atoms with E-state index in [9.17, 15) is 10.1 Å². The van der Waals surface area contributed by atoms with E-state index in [-0.39, 0.29) is 41.0 Å². The van der Waals surface area contributed by atoms with E-state index in [0.717, 1.165) is 16.9 Å². The number of aromatic nitrogens is 1. The molecule has 29 heavy (non-hydrogen) atoms. The van der Waals surface area contributed by atoms with E-state index in [0.29, 0.717) is 5.69 Å². The number of benzene rings is 2. The van der Waals surface area contributed by atoms with Crippen LogP contribution in [0.25, 0.3) is 16.6 Å². The van der Waals surface area contributed by atoms with Gasteiger partial charge in [0.15, 0.2) is 0 Å². The summed E-state index contributed by atoms with van der Waals surface area (Å²) in [5.41, 5.74) is 3.24. The maximum absolute atomic E-state index is 10.7. The number of rotatable bonds is 4. The van der Waals surface area contributed by atoms with E-state index >= 15 is 0 Å². The Morgan fingerprint density at radius 2 is 1.38 bits per heavy atom. The number of hydrogen-bond donors (Lipinski definition) is 0. The van der Waals surface area contributed by atoms with Gasteiger partial charge in [0, 0.05) is 38.8 Å². The Hall–Kier alpha value is -2.55. The molecule has 1 aromatic heterocycles. The third-order valence-corrected chi connectivity index (χ3v) is 3.15. The van der Waals surface area contributed by atoms with E-state index in [1.54, 1.807) is 18.3 Å². The molecule has 0 spiro atoms. The van der Waals surface area contributed by atoms with Crippen LogP contribution in [-0.4, -0.2) is 9.91 Å². The summed E-state index contributed by atoms with van der Waals surface area (Å²) in [5.74, 6) is 0. The first-order chi connectivity index (χ1) is 12.7. The van der Waals surface area contributed by atoms with Crippen molar-refractivity contribution >= 4 is 17.1 Å². The Morgan fingerprint density at radius 3 is 1.90 bits per heavy atom. The van der Waals surface area contributed by atoms with Crippen molar-refractivity contribution in [1.82, 2.24) is 4.98 Å². The summed E-state index contributed by atoms with van der Waals surface area (Å²) < 4.78 is 0. The normalized spacial score (nSPS) is 8.14. The van der Waals surface area contributed by atoms with Crippen molar-refractivity contribution in [1.29, 1.82) is 0 Å². The van der Waals surface area contributed by atoms with Gasteiger partial charge in [-0.1, -0.05) is 70.2 Å². The molecule has 0 amide bonds. The zero-order valence-electron chi connectivity index (χ0n) is 17.9. The molecule has 0 aliphatic carbocycles. The van der Waals surface area contributed by atoms with Gasteiger partial charge in [0.05, 0.1) is 10.6 Å². The minimum Gasteiger partial charge on any atom is -0.657 e. The molecule has 0 saturated carbocycles. The van der Waals surface area contributed by atoms with Crippen molar-refractivity contribution in [2.75, 3.05) is 0 Å². The fourth-order valence-corrected chi connectivity index (χ4v) is 2.10. The van der Waals surface area contributed by atoms with Gasteiger partial charge >= 0.3 is 0 Å². The Bertz CT molecular complexity index is 795. The minimum absolute atomic E-state index is 0. The molecule has 2 aromatic carbocycles. The Balaban J connectivity index is -0.000000911. The number of para-hydroxylation sites is 1. The topological polar surface area (TPSA) is 70.1 Å². The van der Waals surface area contributed by atoms with Crippen LogP contribution in [0.1, 0.15) is 27.7 Å². The van der Waals surface area contributed by atoms with Crippen molar-refractivity contribution in [3.05, 3.63) is 103 Å². The van der Waals surface area contributed by atoms with Crippen LogP contribution in [0.5, 0.6) is 0 Å². The number of pyridine rings is 1. The monoisotopic (exact) mass is 486 g/mol. The van der Waals surface area contributed by atoms with Crippen molar-refractivity contribution in [3.8, 4) is 11.3 Å². The molecule has 5 nitrogen and oxygen atoms in total. The Labute approximate surface area is 189 Å². The van der Waals surface area contributed by atoms with Crippen LogP contribution < -0.4 is 0 Å². The first kappa shape index (κ1) is 31.2. The van der Waals surface area contributed by atoms with Crippen molar-refractivity contribution < 1.29 is 25.3 Å². The average Bonchev–Trinajstić information content (AvgIpc) is 2.72. The predicted octanol–water partition coefficient (Wildman–Crippen LogP) is 7.94. The molecule has 0 unspecified atom stereocenters. The van der Waals surface area contributed by atoms with Gasteiger partial charge in [0.1, 0.15) is 0 Å². The quantitative estimate of drug-likeness (QED) is 0.162. The molecule has 3 rings (SSSR count). The van der Waals surface area contributed by atoms with Crippen LogP contribution in [0.3, 0.4) is 0 Å². The van der Waals surface area contributed by atoms with E-state index in [1.165, 1.54) is 12.1 Å². The molecular weight excluding hydrogens is 457 g/mol. The molecule has 6 heteroatoms. The van der Waals surface area contributed by atoms with Gasteiger partial charge in [0.25, 0.3) is 5.69 Å². The average molecular weight is 487 g/mol. The smallest absolute Gasteiger partial charge is 0.269 e. The van der Waals surface area contributed by atoms with Gasteiger partial charge in [-0.05, 0) is 17.7 Å². The zero-order chi connectivity index (χ0) is 19.4. The number of non-ortho nitro benzene ring substituents is 1. The molecule has 0 atom stereocenters. The van der Waals surface area contributed by atoms with Gasteiger partial charge in [-0.15, -0.1) is 11.4 Å². The molecule has 0 aliphatic rings. The molecule has 0 aliphatic heterocycles. The van der Waals surface area contributed by atoms with Gasteiger partial charge in [-0.25, -0.2) is 0 Å². The van der Waals surface area contributed by atoms with Crippen LogP contribution in [0.4, 0.5) is 17.1 Å². The molecule has 0 saturated heterocycles. The van der Waals surface area contributed by atoms with Gasteiger partial charge in [0.2, 0.25) is 0 Å². The first-order valence-corrected chi connectivity index (χ1v) is 8.71. The summed E-state index contributed by atoms with van der Waals surface area (Å²) in [6, 6.07) is 19.5. The van der Waals surface area contributed by atoms with Gasteiger partial charge < -0.3 is 20.2 Å². The van der Waals surface area contributed by atoms with E-state index in [4.69, 9.17) is 0 Å². The summed E-state index contributed by atoms with van der Waals surface area (Å²) in [5, 5.41) is 15.2. The summed E-state index contributed by atoms with van der Waals surface area (Å²) in [4.78, 5) is 14.6. The van der Waals surface area contributed by atoms with Crippen LogP contribution in [0.2, 0.25) is 0 Å². The number of nitrogens with zero attached hydrogens (tertiary/aromatic N) is 3. The summed E-state index contributed by atoms with van der Waals surface area (Å²) in [6.07, 6.45) is 1.73. The number of nitro benzene ring substituents is 1. The first-order valence-electron chi connectivity index (χ1n) is 8.71. The van der Waals surface area contributed by atoms with Gasteiger partial charge in [-0.2, -0.15) is 0 Å². The largest absolute Gasteiger partial charge is 0.657 e. The maximum atomic E-state index is 10.7. The van der Waals surface area contributed by atoms with Crippen molar-refractivity contribution in [3.63, 3.8) is 0 Å². The van der Waals surface area contributed by atoms with Crippen LogP contribution >= 0.6 is 0 Å². The van der Waals surface area contributed by atoms with Crippen LogP contribution in [0.15, 0.2) is 72.9 Å². The Morgan fingerprint density at radius 1 is 0.828 bits per heavy atom. The number of hydrogen-bond acceptors (Lipinski definition) is 3. The van der Waals surface area contributed by atoms with E-state index in [2.05, 4.69) is 10.3 Å². The minimum atomic E-state index is -0.425. The summed E-state index contributed by atoms with van der Waals surface area (Å²) >= 11 is 0. The molecule has 0 radical (unpaired) electrons. The molecule has 162 valence electrons. The van der Waals surface area contributed by atoms with Crippen LogP contribution in [-0.2, 0) is 20.4 Å². The molecule has 0 bridgehead atoms. The SMILES string of the molecule is CC.CC.O=[N+]([O-])c1ccc([N-]c2ccccc2-c2ccccn2)cc1.[CH3-].[CH3-].[Pd]. The predicted molar refractivity (Wildman–Crippen MR) is 121 cm³/mol. The zero-order valence-corrected chi connectivity index (χ0v) is 19.5. The molecule has 0 fully saturated rings. The second-order valence-electron chi connectivity index (χ2n) is 4.62. The number of nitro groups is 1. The van der Waals surface area contributed by atoms with Crippen LogP contribution in [0, 0.1) is 25.0 Å². The Kier molecular flexibility index (Phi) is 18.8.